The van der Waals surface area contributed by atoms with Crippen molar-refractivity contribution in [3.63, 3.8) is 0 Å². The zero-order valence-corrected chi connectivity index (χ0v) is 11.5. The van der Waals surface area contributed by atoms with Crippen LogP contribution in [0, 0.1) is 6.92 Å². The predicted octanol–water partition coefficient (Wildman–Crippen LogP) is 0.919. The lowest BCUT2D eigenvalue weighted by molar-refractivity contribution is -0.124. The van der Waals surface area contributed by atoms with Gasteiger partial charge in [-0.3, -0.25) is 4.79 Å². The van der Waals surface area contributed by atoms with Gasteiger partial charge < -0.3 is 20.7 Å². The molecule has 0 aromatic heterocycles. The van der Waals surface area contributed by atoms with E-state index >= 15 is 0 Å². The third-order valence-corrected chi connectivity index (χ3v) is 3.31. The number of hydrogen-bond donors (Lipinski definition) is 2. The number of aryl methyl sites for hydroxylation is 1. The quantitative estimate of drug-likeness (QED) is 0.796. The van der Waals surface area contributed by atoms with Crippen molar-refractivity contribution in [3.05, 3.63) is 23.8 Å². The van der Waals surface area contributed by atoms with Gasteiger partial charge in [0.15, 0.2) is 0 Å². The predicted molar refractivity (Wildman–Crippen MR) is 76.2 cm³/mol. The van der Waals surface area contributed by atoms with Crippen molar-refractivity contribution in [2.24, 2.45) is 0 Å². The number of nitrogens with zero attached hydrogens (tertiary/aromatic N) is 1. The average Bonchev–Trinajstić information content (AvgIpc) is 2.39. The van der Waals surface area contributed by atoms with Gasteiger partial charge in [0.05, 0.1) is 13.2 Å². The van der Waals surface area contributed by atoms with Gasteiger partial charge in [-0.05, 0) is 37.6 Å². The number of ether oxygens (including phenoxy) is 1. The van der Waals surface area contributed by atoms with Gasteiger partial charge in [-0.15, -0.1) is 0 Å². The molecule has 0 aliphatic carbocycles. The lowest BCUT2D eigenvalue weighted by Gasteiger charge is -2.37. The number of carbonyl (C=O) groups is 1. The second kappa shape index (κ2) is 5.93. The molecule has 1 unspecified atom stereocenters. The summed E-state index contributed by atoms with van der Waals surface area (Å²) in [6.07, 6.45) is 0. The molecule has 0 bridgehead atoms. The molecule has 2 rings (SSSR count). The second-order valence-corrected chi connectivity index (χ2v) is 4.72. The van der Waals surface area contributed by atoms with Gasteiger partial charge >= 0.3 is 0 Å². The van der Waals surface area contributed by atoms with Crippen molar-refractivity contribution < 1.29 is 9.53 Å². The smallest absolute Gasteiger partial charge is 0.245 e. The zero-order chi connectivity index (χ0) is 13.8. The van der Waals surface area contributed by atoms with Crippen LogP contribution < -0.4 is 16.0 Å². The molecule has 5 heteroatoms. The molecule has 104 valence electrons. The summed E-state index contributed by atoms with van der Waals surface area (Å²) in [6, 6.07) is 5.50. The lowest BCUT2D eigenvalue weighted by atomic mass is 10.1. The first kappa shape index (κ1) is 13.7. The number of likely N-dealkylation sites (N-methyl/N-ethyl adjacent to an activating group) is 1. The molecule has 1 amide bonds. The van der Waals surface area contributed by atoms with Crippen molar-refractivity contribution in [1.82, 2.24) is 5.32 Å². The van der Waals surface area contributed by atoms with E-state index in [4.69, 9.17) is 10.5 Å². The molecule has 0 saturated carbocycles. The highest BCUT2D eigenvalue weighted by atomic mass is 16.5. The fraction of sp³-hybridized carbons (Fsp3) is 0.500. The van der Waals surface area contributed by atoms with Crippen molar-refractivity contribution in [2.75, 3.05) is 36.9 Å². The van der Waals surface area contributed by atoms with Gasteiger partial charge in [0.1, 0.15) is 6.04 Å². The van der Waals surface area contributed by atoms with Crippen LogP contribution >= 0.6 is 0 Å². The first-order valence-electron chi connectivity index (χ1n) is 6.61. The number of nitrogen functional groups attached to an aromatic ring is 1. The van der Waals surface area contributed by atoms with E-state index < -0.39 is 0 Å². The highest BCUT2D eigenvalue weighted by molar-refractivity contribution is 5.86. The second-order valence-electron chi connectivity index (χ2n) is 4.72. The molecule has 1 aromatic carbocycles. The van der Waals surface area contributed by atoms with E-state index in [9.17, 15) is 4.79 Å². The Morgan fingerprint density at radius 3 is 3.05 bits per heavy atom. The summed E-state index contributed by atoms with van der Waals surface area (Å²) in [4.78, 5) is 14.2. The van der Waals surface area contributed by atoms with Crippen molar-refractivity contribution in [2.45, 2.75) is 19.9 Å². The van der Waals surface area contributed by atoms with E-state index in [0.29, 0.717) is 26.3 Å². The van der Waals surface area contributed by atoms with Gasteiger partial charge in [-0.1, -0.05) is 0 Å². The largest absolute Gasteiger partial charge is 0.399 e. The van der Waals surface area contributed by atoms with Crippen LogP contribution in [0.5, 0.6) is 0 Å². The van der Waals surface area contributed by atoms with Crippen molar-refractivity contribution in [1.29, 1.82) is 0 Å². The number of rotatable bonds is 3. The summed E-state index contributed by atoms with van der Waals surface area (Å²) >= 11 is 0. The topological polar surface area (TPSA) is 67.6 Å². The summed E-state index contributed by atoms with van der Waals surface area (Å²) in [7, 11) is 0. The number of carbonyl (C=O) groups excluding carboxylic acids is 1. The number of nitrogens with two attached hydrogens (primary N) is 1. The number of morpholine rings is 1. The number of hydrogen-bond acceptors (Lipinski definition) is 4. The Morgan fingerprint density at radius 2 is 2.37 bits per heavy atom. The van der Waals surface area contributed by atoms with Crippen LogP contribution in [0.25, 0.3) is 0 Å². The number of amides is 1. The number of nitrogens with one attached hydrogen (secondary N) is 1. The van der Waals surface area contributed by atoms with Crippen LogP contribution in [0.15, 0.2) is 18.2 Å². The van der Waals surface area contributed by atoms with E-state index in [1.807, 2.05) is 32.0 Å². The lowest BCUT2D eigenvalue weighted by Crippen LogP contribution is -2.54. The molecule has 0 spiro atoms. The molecule has 3 N–H and O–H groups in total. The number of anilines is 2. The minimum absolute atomic E-state index is 0.0124. The molecular formula is C14H21N3O2. The molecule has 1 fully saturated rings. The monoisotopic (exact) mass is 263 g/mol. The fourth-order valence-corrected chi connectivity index (χ4v) is 2.40. The Bertz CT molecular complexity index is 462. The van der Waals surface area contributed by atoms with Crippen LogP contribution in [-0.2, 0) is 9.53 Å². The van der Waals surface area contributed by atoms with Crippen LogP contribution in [-0.4, -0.2) is 38.3 Å². The van der Waals surface area contributed by atoms with E-state index in [1.165, 1.54) is 0 Å². The Hall–Kier alpha value is -1.75. The molecular weight excluding hydrogens is 242 g/mol. The molecule has 5 nitrogen and oxygen atoms in total. The Morgan fingerprint density at radius 1 is 1.58 bits per heavy atom. The van der Waals surface area contributed by atoms with Crippen LogP contribution in [0.2, 0.25) is 0 Å². The zero-order valence-electron chi connectivity index (χ0n) is 11.5. The van der Waals surface area contributed by atoms with Gasteiger partial charge in [-0.25, -0.2) is 0 Å². The summed E-state index contributed by atoms with van der Waals surface area (Å²) in [5.74, 6) is 0.0124. The minimum atomic E-state index is -0.268. The van der Waals surface area contributed by atoms with E-state index in [1.54, 1.807) is 0 Å². The standard InChI is InChI=1S/C14H21N3O2/c1-3-16-14(18)13-9-19-7-6-17(13)12-5-4-11(15)8-10(12)2/h4-5,8,13H,3,6-7,9,15H2,1-2H3,(H,16,18). The van der Waals surface area contributed by atoms with Crippen molar-refractivity contribution in [3.8, 4) is 0 Å². The first-order chi connectivity index (χ1) is 9.13. The maximum Gasteiger partial charge on any atom is 0.245 e. The first-order valence-corrected chi connectivity index (χ1v) is 6.61. The maximum absolute atomic E-state index is 12.1. The molecule has 1 aliphatic heterocycles. The molecule has 1 atom stereocenters. The van der Waals surface area contributed by atoms with E-state index in [0.717, 1.165) is 16.9 Å². The SMILES string of the molecule is CCNC(=O)C1COCCN1c1ccc(N)cc1C. The van der Waals surface area contributed by atoms with Crippen LogP contribution in [0.4, 0.5) is 11.4 Å². The van der Waals surface area contributed by atoms with Crippen LogP contribution in [0.1, 0.15) is 12.5 Å². The highest BCUT2D eigenvalue weighted by Gasteiger charge is 2.29. The summed E-state index contributed by atoms with van der Waals surface area (Å²) in [5, 5.41) is 2.86. The fourth-order valence-electron chi connectivity index (χ4n) is 2.40. The van der Waals surface area contributed by atoms with E-state index in [2.05, 4.69) is 10.2 Å². The average molecular weight is 263 g/mol. The summed E-state index contributed by atoms with van der Waals surface area (Å²) in [5.41, 5.74) is 8.65. The normalized spacial score (nSPS) is 19.3. The van der Waals surface area contributed by atoms with Crippen molar-refractivity contribution >= 4 is 17.3 Å². The Kier molecular flexibility index (Phi) is 4.27. The molecule has 0 radical (unpaired) electrons. The van der Waals surface area contributed by atoms with E-state index in [-0.39, 0.29) is 11.9 Å². The third kappa shape index (κ3) is 2.98. The van der Waals surface area contributed by atoms with Crippen LogP contribution in [0.3, 0.4) is 0 Å². The van der Waals surface area contributed by atoms with Gasteiger partial charge in [0.25, 0.3) is 0 Å². The Labute approximate surface area is 113 Å². The molecule has 1 heterocycles. The maximum atomic E-state index is 12.1. The molecule has 1 saturated heterocycles. The summed E-state index contributed by atoms with van der Waals surface area (Å²) < 4.78 is 5.44. The minimum Gasteiger partial charge on any atom is -0.399 e. The molecule has 1 aromatic rings. The molecule has 19 heavy (non-hydrogen) atoms. The summed E-state index contributed by atoms with van der Waals surface area (Å²) in [6.45, 7) is 6.34. The molecule has 1 aliphatic rings. The van der Waals surface area contributed by atoms with Gasteiger partial charge in [-0.2, -0.15) is 0 Å². The van der Waals surface area contributed by atoms with Gasteiger partial charge in [0.2, 0.25) is 5.91 Å². The third-order valence-electron chi connectivity index (χ3n) is 3.31. The number of benzene rings is 1. The highest BCUT2D eigenvalue weighted by Crippen LogP contribution is 2.25. The van der Waals surface area contributed by atoms with Gasteiger partial charge in [0, 0.05) is 24.5 Å². The Balaban J connectivity index is 2.26.